The molecular weight excluding hydrogens is 344 g/mol. The second-order valence-corrected chi connectivity index (χ2v) is 10.8. The molecule has 2 atom stereocenters. The molecular formula is C26H46O2. The van der Waals surface area contributed by atoms with Crippen LogP contribution in [0.2, 0.25) is 0 Å². The highest BCUT2D eigenvalue weighted by molar-refractivity contribution is 5.80. The molecule has 0 aromatic carbocycles. The SMILES string of the molecule is CCC(C)(C)CC(C1=CCC(C)(C(=O)OC(C)(C)CC)C=C1)C(C)(CC)CC. The Bertz CT molecular complexity index is 590. The van der Waals surface area contributed by atoms with Crippen LogP contribution in [0.25, 0.3) is 0 Å². The van der Waals surface area contributed by atoms with Gasteiger partial charge in [-0.2, -0.15) is 0 Å². The number of ether oxygens (including phenoxy) is 1. The minimum Gasteiger partial charge on any atom is -0.459 e. The van der Waals surface area contributed by atoms with Gasteiger partial charge in [0.1, 0.15) is 5.60 Å². The van der Waals surface area contributed by atoms with Crippen LogP contribution >= 0.6 is 0 Å². The van der Waals surface area contributed by atoms with Crippen LogP contribution in [-0.4, -0.2) is 11.6 Å². The van der Waals surface area contributed by atoms with Crippen LogP contribution in [0.3, 0.4) is 0 Å². The first-order chi connectivity index (χ1) is 12.8. The van der Waals surface area contributed by atoms with Crippen LogP contribution in [0, 0.1) is 22.2 Å². The van der Waals surface area contributed by atoms with Gasteiger partial charge < -0.3 is 4.74 Å². The first kappa shape index (κ1) is 25.0. The molecule has 0 fully saturated rings. The zero-order valence-electron chi connectivity index (χ0n) is 20.4. The minimum atomic E-state index is -0.560. The molecule has 162 valence electrons. The lowest BCUT2D eigenvalue weighted by molar-refractivity contribution is -0.165. The summed E-state index contributed by atoms with van der Waals surface area (Å²) in [5, 5.41) is 0. The Kier molecular flexibility index (Phi) is 8.19. The van der Waals surface area contributed by atoms with Crippen molar-refractivity contribution in [2.75, 3.05) is 0 Å². The van der Waals surface area contributed by atoms with E-state index in [0.717, 1.165) is 12.8 Å². The van der Waals surface area contributed by atoms with Crippen molar-refractivity contribution in [1.82, 2.24) is 0 Å². The molecule has 0 aromatic rings. The molecule has 2 nitrogen and oxygen atoms in total. The van der Waals surface area contributed by atoms with Crippen molar-refractivity contribution < 1.29 is 9.53 Å². The van der Waals surface area contributed by atoms with Crippen molar-refractivity contribution >= 4 is 5.97 Å². The Balaban J connectivity index is 3.11. The van der Waals surface area contributed by atoms with E-state index in [-0.39, 0.29) is 11.4 Å². The lowest BCUT2D eigenvalue weighted by Crippen LogP contribution is -2.37. The van der Waals surface area contributed by atoms with Crippen molar-refractivity contribution in [2.24, 2.45) is 22.2 Å². The summed E-state index contributed by atoms with van der Waals surface area (Å²) in [6.45, 7) is 22.2. The molecule has 0 N–H and O–H groups in total. The molecule has 1 aliphatic rings. The highest BCUT2D eigenvalue weighted by Gasteiger charge is 2.40. The number of carbonyl (C=O) groups excluding carboxylic acids is 1. The topological polar surface area (TPSA) is 26.3 Å². The maximum absolute atomic E-state index is 12.9. The average molecular weight is 391 g/mol. The monoisotopic (exact) mass is 390 g/mol. The van der Waals surface area contributed by atoms with Gasteiger partial charge in [0.05, 0.1) is 5.41 Å². The molecule has 0 radical (unpaired) electrons. The third-order valence-electron chi connectivity index (χ3n) is 7.66. The van der Waals surface area contributed by atoms with E-state index in [1.165, 1.54) is 31.3 Å². The van der Waals surface area contributed by atoms with E-state index in [2.05, 4.69) is 66.7 Å². The van der Waals surface area contributed by atoms with E-state index in [1.807, 2.05) is 20.8 Å². The van der Waals surface area contributed by atoms with Crippen molar-refractivity contribution in [3.63, 3.8) is 0 Å². The van der Waals surface area contributed by atoms with Gasteiger partial charge in [0.25, 0.3) is 0 Å². The van der Waals surface area contributed by atoms with Crippen LogP contribution in [0.15, 0.2) is 23.8 Å². The van der Waals surface area contributed by atoms with E-state index in [4.69, 9.17) is 4.74 Å². The first-order valence-corrected chi connectivity index (χ1v) is 11.4. The molecule has 0 amide bonds. The normalized spacial score (nSPS) is 22.0. The standard InChI is InChI=1S/C26H46O2/c1-11-23(5,6)19-21(25(9,13-3)14-4)20-15-17-26(10,18-16-20)22(27)28-24(7,8)12-2/h15-17,21H,11-14,18-19H2,1-10H3. The van der Waals surface area contributed by atoms with Crippen LogP contribution in [0.5, 0.6) is 0 Å². The van der Waals surface area contributed by atoms with Gasteiger partial charge in [-0.25, -0.2) is 0 Å². The van der Waals surface area contributed by atoms with Crippen LogP contribution in [-0.2, 0) is 9.53 Å². The van der Waals surface area contributed by atoms with E-state index < -0.39 is 11.0 Å². The van der Waals surface area contributed by atoms with E-state index >= 15 is 0 Å². The third-order valence-corrected chi connectivity index (χ3v) is 7.66. The Morgan fingerprint density at radius 1 is 1.04 bits per heavy atom. The Morgan fingerprint density at radius 3 is 2.00 bits per heavy atom. The fraction of sp³-hybridized carbons (Fsp3) is 0.808. The summed E-state index contributed by atoms with van der Waals surface area (Å²) in [6.07, 6.45) is 12.9. The van der Waals surface area contributed by atoms with Gasteiger partial charge >= 0.3 is 5.97 Å². The van der Waals surface area contributed by atoms with Crippen molar-refractivity contribution in [3.05, 3.63) is 23.8 Å². The summed E-state index contributed by atoms with van der Waals surface area (Å²) < 4.78 is 5.81. The lowest BCUT2D eigenvalue weighted by atomic mass is 9.62. The molecule has 0 heterocycles. The summed E-state index contributed by atoms with van der Waals surface area (Å²) in [6, 6.07) is 0. The van der Waals surface area contributed by atoms with Crippen LogP contribution in [0.1, 0.15) is 108 Å². The van der Waals surface area contributed by atoms with Gasteiger partial charge in [0, 0.05) is 0 Å². The van der Waals surface area contributed by atoms with E-state index in [0.29, 0.717) is 11.3 Å². The maximum Gasteiger partial charge on any atom is 0.316 e. The smallest absolute Gasteiger partial charge is 0.316 e. The number of esters is 1. The zero-order chi connectivity index (χ0) is 21.8. The Labute approximate surface area is 175 Å². The van der Waals surface area contributed by atoms with Crippen LogP contribution < -0.4 is 0 Å². The summed E-state index contributed by atoms with van der Waals surface area (Å²) in [5.74, 6) is 0.409. The lowest BCUT2D eigenvalue weighted by Gasteiger charge is -2.43. The molecule has 0 saturated carbocycles. The fourth-order valence-electron chi connectivity index (χ4n) is 3.80. The first-order valence-electron chi connectivity index (χ1n) is 11.4. The molecule has 0 bridgehead atoms. The van der Waals surface area contributed by atoms with Crippen LogP contribution in [0.4, 0.5) is 0 Å². The summed E-state index contributed by atoms with van der Waals surface area (Å²) in [7, 11) is 0. The molecule has 28 heavy (non-hydrogen) atoms. The molecule has 0 saturated heterocycles. The molecule has 1 aliphatic carbocycles. The van der Waals surface area contributed by atoms with Gasteiger partial charge in [-0.15, -0.1) is 0 Å². The number of hydrogen-bond donors (Lipinski definition) is 0. The Morgan fingerprint density at radius 2 is 1.61 bits per heavy atom. The molecule has 2 heteroatoms. The number of rotatable bonds is 10. The zero-order valence-corrected chi connectivity index (χ0v) is 20.4. The minimum absolute atomic E-state index is 0.106. The fourth-order valence-corrected chi connectivity index (χ4v) is 3.80. The highest BCUT2D eigenvalue weighted by atomic mass is 16.6. The van der Waals surface area contributed by atoms with Crippen molar-refractivity contribution in [3.8, 4) is 0 Å². The van der Waals surface area contributed by atoms with Gasteiger partial charge in [0.2, 0.25) is 0 Å². The summed E-state index contributed by atoms with van der Waals surface area (Å²) in [4.78, 5) is 12.9. The van der Waals surface area contributed by atoms with Gasteiger partial charge in [-0.05, 0) is 62.4 Å². The number of allylic oxidation sites excluding steroid dienone is 3. The predicted molar refractivity (Wildman–Crippen MR) is 121 cm³/mol. The second-order valence-electron chi connectivity index (χ2n) is 10.8. The molecule has 0 aliphatic heterocycles. The molecule has 0 aromatic heterocycles. The molecule has 0 spiro atoms. The number of hydrogen-bond acceptors (Lipinski definition) is 2. The van der Waals surface area contributed by atoms with Gasteiger partial charge in [0.15, 0.2) is 0 Å². The highest BCUT2D eigenvalue weighted by Crippen LogP contribution is 2.48. The van der Waals surface area contributed by atoms with Gasteiger partial charge in [-0.1, -0.05) is 86.0 Å². The van der Waals surface area contributed by atoms with Crippen molar-refractivity contribution in [2.45, 2.75) is 113 Å². The Hall–Kier alpha value is -1.05. The van der Waals surface area contributed by atoms with E-state index in [9.17, 15) is 4.79 Å². The van der Waals surface area contributed by atoms with Crippen molar-refractivity contribution in [1.29, 1.82) is 0 Å². The molecule has 1 rings (SSSR count). The quantitative estimate of drug-likeness (QED) is 0.355. The van der Waals surface area contributed by atoms with E-state index in [1.54, 1.807) is 0 Å². The van der Waals surface area contributed by atoms with Gasteiger partial charge in [-0.3, -0.25) is 4.79 Å². The molecule has 2 unspecified atom stereocenters. The second kappa shape index (κ2) is 9.18. The third kappa shape index (κ3) is 5.97. The summed E-state index contributed by atoms with van der Waals surface area (Å²) >= 11 is 0. The predicted octanol–water partition coefficient (Wildman–Crippen LogP) is 7.88. The number of carbonyl (C=O) groups is 1. The maximum atomic E-state index is 12.9. The average Bonchev–Trinajstić information content (AvgIpc) is 2.66. The summed E-state index contributed by atoms with van der Waals surface area (Å²) in [5.41, 5.74) is 1.04. The largest absolute Gasteiger partial charge is 0.459 e.